The molecule has 1 heterocycles. The van der Waals surface area contributed by atoms with Gasteiger partial charge in [-0.25, -0.2) is 9.59 Å². The van der Waals surface area contributed by atoms with Crippen molar-refractivity contribution < 1.29 is 29.3 Å². The summed E-state index contributed by atoms with van der Waals surface area (Å²) in [5.74, 6) is -1.84. The van der Waals surface area contributed by atoms with Crippen LogP contribution in [0.3, 0.4) is 0 Å². The Bertz CT molecular complexity index is 643. The van der Waals surface area contributed by atoms with Crippen LogP contribution in [0.5, 0.6) is 5.75 Å². The van der Waals surface area contributed by atoms with E-state index in [-0.39, 0.29) is 5.41 Å². The summed E-state index contributed by atoms with van der Waals surface area (Å²) in [6, 6.07) is 5.26. The number of carbonyl (C=O) groups is 2. The lowest BCUT2D eigenvalue weighted by molar-refractivity contribution is -0.140. The molecule has 144 valence electrons. The van der Waals surface area contributed by atoms with Crippen LogP contribution in [-0.2, 0) is 14.3 Å². The number of halogens is 2. The lowest BCUT2D eigenvalue weighted by Gasteiger charge is -2.42. The number of ether oxygens (including phenoxy) is 2. The Morgan fingerprint density at radius 3 is 2.19 bits per heavy atom. The second-order valence-corrected chi connectivity index (χ2v) is 6.95. The van der Waals surface area contributed by atoms with Gasteiger partial charge in [0, 0.05) is 23.7 Å². The third kappa shape index (κ3) is 8.05. The summed E-state index contributed by atoms with van der Waals surface area (Å²) in [7, 11) is 4.10. The van der Waals surface area contributed by atoms with Crippen LogP contribution in [0.15, 0.2) is 30.4 Å². The third-order valence-electron chi connectivity index (χ3n) is 3.26. The average molecular weight is 406 g/mol. The molecule has 0 saturated carbocycles. The van der Waals surface area contributed by atoms with E-state index in [1.54, 1.807) is 18.2 Å². The van der Waals surface area contributed by atoms with Gasteiger partial charge in [-0.15, -0.1) is 0 Å². The first kappa shape index (κ1) is 22.2. The van der Waals surface area contributed by atoms with Gasteiger partial charge in [-0.1, -0.05) is 23.2 Å². The predicted octanol–water partition coefficient (Wildman–Crippen LogP) is 2.66. The van der Waals surface area contributed by atoms with Gasteiger partial charge in [0.05, 0.1) is 30.3 Å². The van der Waals surface area contributed by atoms with Gasteiger partial charge in [-0.3, -0.25) is 0 Å². The Kier molecular flexibility index (Phi) is 8.87. The van der Waals surface area contributed by atoms with Crippen LogP contribution in [0.2, 0.25) is 10.0 Å². The number of carboxylic acids is 2. The van der Waals surface area contributed by atoms with E-state index in [2.05, 4.69) is 19.0 Å². The minimum Gasteiger partial charge on any atom is -0.491 e. The first-order chi connectivity index (χ1) is 12.1. The maximum atomic E-state index is 9.55. The summed E-state index contributed by atoms with van der Waals surface area (Å²) in [4.78, 5) is 21.3. The fraction of sp³-hybridized carbons (Fsp3) is 0.412. The number of hydrogen-bond acceptors (Lipinski definition) is 5. The van der Waals surface area contributed by atoms with Crippen LogP contribution in [0.25, 0.3) is 0 Å². The summed E-state index contributed by atoms with van der Waals surface area (Å²) >= 11 is 11.9. The lowest BCUT2D eigenvalue weighted by atomic mass is 9.86. The molecule has 9 heteroatoms. The van der Waals surface area contributed by atoms with Crippen molar-refractivity contribution in [3.63, 3.8) is 0 Å². The Morgan fingerprint density at radius 2 is 1.81 bits per heavy atom. The number of nitrogens with zero attached hydrogens (tertiary/aromatic N) is 1. The summed E-state index contributed by atoms with van der Waals surface area (Å²) in [6.45, 7) is 3.01. The average Bonchev–Trinajstić information content (AvgIpc) is 2.49. The van der Waals surface area contributed by atoms with Crippen molar-refractivity contribution in [3.05, 3.63) is 40.4 Å². The van der Waals surface area contributed by atoms with Gasteiger partial charge in [0.2, 0.25) is 0 Å². The van der Waals surface area contributed by atoms with Gasteiger partial charge >= 0.3 is 11.9 Å². The first-order valence-electron chi connectivity index (χ1n) is 7.58. The second kappa shape index (κ2) is 10.4. The van der Waals surface area contributed by atoms with Crippen molar-refractivity contribution in [2.45, 2.75) is 0 Å². The molecule has 0 radical (unpaired) electrons. The highest BCUT2D eigenvalue weighted by Crippen LogP contribution is 2.32. The van der Waals surface area contributed by atoms with Crippen LogP contribution >= 0.6 is 23.2 Å². The van der Waals surface area contributed by atoms with Crippen molar-refractivity contribution in [1.82, 2.24) is 4.90 Å². The van der Waals surface area contributed by atoms with Gasteiger partial charge in [0.15, 0.2) is 0 Å². The molecule has 0 aliphatic carbocycles. The fourth-order valence-corrected chi connectivity index (χ4v) is 2.71. The Balaban J connectivity index is 0.000000359. The Hall–Kier alpha value is -1.80. The molecule has 1 fully saturated rings. The third-order valence-corrected chi connectivity index (χ3v) is 3.79. The smallest absolute Gasteiger partial charge is 0.328 e. The van der Waals surface area contributed by atoms with Crippen molar-refractivity contribution >= 4 is 35.1 Å². The topological polar surface area (TPSA) is 96.3 Å². The molecule has 0 unspecified atom stereocenters. The minimum atomic E-state index is -1.26. The molecule has 0 atom stereocenters. The molecule has 2 N–H and O–H groups in total. The zero-order valence-electron chi connectivity index (χ0n) is 14.4. The highest BCUT2D eigenvalue weighted by molar-refractivity contribution is 6.35. The molecule has 2 rings (SSSR count). The summed E-state index contributed by atoms with van der Waals surface area (Å²) in [5, 5.41) is 16.8. The fourth-order valence-electron chi connectivity index (χ4n) is 2.25. The Labute approximate surface area is 161 Å². The van der Waals surface area contributed by atoms with E-state index >= 15 is 0 Å². The number of aliphatic carboxylic acids is 2. The van der Waals surface area contributed by atoms with Crippen molar-refractivity contribution in [2.24, 2.45) is 5.41 Å². The molecule has 1 aromatic rings. The summed E-state index contributed by atoms with van der Waals surface area (Å²) < 4.78 is 11.1. The van der Waals surface area contributed by atoms with Crippen LogP contribution in [0, 0.1) is 5.41 Å². The molecule has 7 nitrogen and oxygen atoms in total. The molecule has 0 spiro atoms. The second-order valence-electron chi connectivity index (χ2n) is 6.10. The molecule has 0 bridgehead atoms. The maximum absolute atomic E-state index is 9.55. The summed E-state index contributed by atoms with van der Waals surface area (Å²) in [6.07, 6.45) is 1.12. The predicted molar refractivity (Wildman–Crippen MR) is 98.2 cm³/mol. The highest BCUT2D eigenvalue weighted by Gasteiger charge is 2.40. The minimum absolute atomic E-state index is 0.0759. The van der Waals surface area contributed by atoms with E-state index in [1.807, 2.05) is 0 Å². The van der Waals surface area contributed by atoms with E-state index in [4.69, 9.17) is 42.9 Å². The van der Waals surface area contributed by atoms with Gasteiger partial charge < -0.3 is 24.6 Å². The number of benzene rings is 1. The molecule has 1 aliphatic rings. The molecule has 1 aliphatic heterocycles. The standard InChI is InChI=1S/C13H17Cl2NO2.C4H4O4/c1-16(2)6-13(7-17-8-13)9-18-12-4-3-10(14)5-11(12)15;5-3(6)1-2-4(7)8/h3-5H,6-9H2,1-2H3;1-2H,(H,5,6)(H,7,8)/b;2-1-. The molecular formula is C17H21Cl2NO6. The SMILES string of the molecule is CN(C)CC1(COc2ccc(Cl)cc2Cl)COC1.O=C(O)/C=C\C(=O)O. The summed E-state index contributed by atoms with van der Waals surface area (Å²) in [5.41, 5.74) is 0.0759. The van der Waals surface area contributed by atoms with Gasteiger partial charge in [0.25, 0.3) is 0 Å². The largest absolute Gasteiger partial charge is 0.491 e. The van der Waals surface area contributed by atoms with Crippen LogP contribution in [0.1, 0.15) is 0 Å². The van der Waals surface area contributed by atoms with Crippen LogP contribution in [0.4, 0.5) is 0 Å². The molecule has 1 aromatic carbocycles. The van der Waals surface area contributed by atoms with Crippen LogP contribution < -0.4 is 4.74 Å². The van der Waals surface area contributed by atoms with Crippen molar-refractivity contribution in [1.29, 1.82) is 0 Å². The number of rotatable bonds is 7. The normalized spacial score (nSPS) is 15.1. The number of hydrogen-bond donors (Lipinski definition) is 2. The van der Waals surface area contributed by atoms with E-state index in [1.165, 1.54) is 0 Å². The van der Waals surface area contributed by atoms with Crippen molar-refractivity contribution in [3.8, 4) is 5.75 Å². The highest BCUT2D eigenvalue weighted by atomic mass is 35.5. The zero-order chi connectivity index (χ0) is 19.7. The first-order valence-corrected chi connectivity index (χ1v) is 8.33. The lowest BCUT2D eigenvalue weighted by Crippen LogP contribution is -2.53. The van der Waals surface area contributed by atoms with E-state index < -0.39 is 11.9 Å². The molecule has 0 amide bonds. The van der Waals surface area contributed by atoms with Gasteiger partial charge in [-0.2, -0.15) is 0 Å². The van der Waals surface area contributed by atoms with E-state index in [9.17, 15) is 9.59 Å². The van der Waals surface area contributed by atoms with E-state index in [0.717, 1.165) is 19.8 Å². The Morgan fingerprint density at radius 1 is 1.23 bits per heavy atom. The maximum Gasteiger partial charge on any atom is 0.328 e. The quantitative estimate of drug-likeness (QED) is 0.672. The number of carboxylic acid groups (broad SMARTS) is 2. The molecule has 26 heavy (non-hydrogen) atoms. The zero-order valence-corrected chi connectivity index (χ0v) is 16.0. The van der Waals surface area contributed by atoms with Gasteiger partial charge in [-0.05, 0) is 32.3 Å². The molecular weight excluding hydrogens is 385 g/mol. The van der Waals surface area contributed by atoms with Gasteiger partial charge in [0.1, 0.15) is 5.75 Å². The molecule has 1 saturated heterocycles. The molecule has 0 aromatic heterocycles. The van der Waals surface area contributed by atoms with E-state index in [0.29, 0.717) is 34.6 Å². The van der Waals surface area contributed by atoms with Crippen LogP contribution in [-0.4, -0.2) is 67.5 Å². The van der Waals surface area contributed by atoms with Crippen molar-refractivity contribution in [2.75, 3.05) is 40.5 Å². The monoisotopic (exact) mass is 405 g/mol.